The maximum absolute atomic E-state index is 3.58. The summed E-state index contributed by atoms with van der Waals surface area (Å²) in [6.07, 6.45) is 3.81. The fourth-order valence-electron chi connectivity index (χ4n) is 1.92. The maximum Gasteiger partial charge on any atom is 0.0590 e. The number of hydrogen-bond donors (Lipinski definition) is 2. The Morgan fingerprint density at radius 3 is 3.07 bits per heavy atom. The van der Waals surface area contributed by atoms with Gasteiger partial charge in [-0.3, -0.25) is 0 Å². The van der Waals surface area contributed by atoms with Crippen LogP contribution in [-0.4, -0.2) is 12.6 Å². The normalized spacial score (nSPS) is 18.9. The minimum atomic E-state index is 0.576. The lowest BCUT2D eigenvalue weighted by atomic mass is 10.1. The molecule has 2 nitrogen and oxygen atoms in total. The Balaban J connectivity index is 2.05. The Hall–Kier alpha value is -0.700. The molecular weight excluding hydrogens is 252 g/mol. The molecule has 0 fully saturated rings. The second-order valence-electron chi connectivity index (χ2n) is 4.05. The van der Waals surface area contributed by atoms with Crippen LogP contribution in [0, 0.1) is 0 Å². The van der Waals surface area contributed by atoms with Crippen LogP contribution in [0.5, 0.6) is 0 Å². The molecule has 1 aromatic rings. The van der Waals surface area contributed by atoms with Gasteiger partial charge in [-0.05, 0) is 24.6 Å². The van der Waals surface area contributed by atoms with Crippen LogP contribution in [-0.2, 0) is 0 Å². The second-order valence-corrected chi connectivity index (χ2v) is 4.97. The summed E-state index contributed by atoms with van der Waals surface area (Å²) in [5, 5.41) is 7.05. The van der Waals surface area contributed by atoms with Crippen LogP contribution in [0.1, 0.15) is 26.2 Å². The van der Waals surface area contributed by atoms with Crippen molar-refractivity contribution in [3.05, 3.63) is 22.7 Å². The largest absolute Gasteiger partial charge is 0.381 e. The van der Waals surface area contributed by atoms with E-state index >= 15 is 0 Å². The minimum absolute atomic E-state index is 0.576. The molecule has 0 saturated heterocycles. The van der Waals surface area contributed by atoms with Gasteiger partial charge >= 0.3 is 0 Å². The molecule has 1 unspecified atom stereocenters. The molecule has 82 valence electrons. The predicted molar refractivity (Wildman–Crippen MR) is 69.6 cm³/mol. The van der Waals surface area contributed by atoms with E-state index in [1.165, 1.54) is 30.6 Å². The number of nitrogens with one attached hydrogen (secondary N) is 2. The van der Waals surface area contributed by atoms with Crippen LogP contribution in [0.3, 0.4) is 0 Å². The van der Waals surface area contributed by atoms with Gasteiger partial charge in [0.15, 0.2) is 0 Å². The summed E-state index contributed by atoms with van der Waals surface area (Å²) in [4.78, 5) is 0. The van der Waals surface area contributed by atoms with E-state index in [1.54, 1.807) is 0 Å². The van der Waals surface area contributed by atoms with Gasteiger partial charge in [-0.1, -0.05) is 35.7 Å². The van der Waals surface area contributed by atoms with E-state index in [4.69, 9.17) is 0 Å². The molecular formula is C12H17BrN2. The molecule has 2 N–H and O–H groups in total. The molecule has 0 aliphatic carbocycles. The summed E-state index contributed by atoms with van der Waals surface area (Å²) in [5.41, 5.74) is 2.43. The molecule has 2 rings (SSSR count). The number of hydrogen-bond acceptors (Lipinski definition) is 2. The third kappa shape index (κ3) is 2.65. The predicted octanol–water partition coefficient (Wildman–Crippen LogP) is 3.85. The van der Waals surface area contributed by atoms with Crippen LogP contribution >= 0.6 is 15.9 Å². The lowest BCUT2D eigenvalue weighted by Crippen LogP contribution is -2.32. The zero-order chi connectivity index (χ0) is 10.7. The van der Waals surface area contributed by atoms with Crippen LogP contribution < -0.4 is 10.6 Å². The summed E-state index contributed by atoms with van der Waals surface area (Å²) in [7, 11) is 0. The average molecular weight is 269 g/mol. The molecule has 1 atom stereocenters. The van der Waals surface area contributed by atoms with Crippen molar-refractivity contribution < 1.29 is 0 Å². The van der Waals surface area contributed by atoms with Gasteiger partial charge in [-0.2, -0.15) is 0 Å². The van der Waals surface area contributed by atoms with Crippen molar-refractivity contribution in [1.29, 1.82) is 0 Å². The molecule has 0 spiro atoms. The Bertz CT molecular complexity index is 338. The van der Waals surface area contributed by atoms with E-state index < -0.39 is 0 Å². The van der Waals surface area contributed by atoms with E-state index in [9.17, 15) is 0 Å². The first-order valence-corrected chi connectivity index (χ1v) is 6.39. The van der Waals surface area contributed by atoms with Crippen molar-refractivity contribution in [2.24, 2.45) is 0 Å². The lowest BCUT2D eigenvalue weighted by molar-refractivity contribution is 0.620. The average Bonchev–Trinajstić information content (AvgIpc) is 2.25. The first kappa shape index (κ1) is 10.8. The van der Waals surface area contributed by atoms with Crippen molar-refractivity contribution in [2.75, 3.05) is 17.2 Å². The highest BCUT2D eigenvalue weighted by Gasteiger charge is 2.16. The van der Waals surface area contributed by atoms with E-state index in [-0.39, 0.29) is 0 Å². The van der Waals surface area contributed by atoms with Crippen molar-refractivity contribution in [3.8, 4) is 0 Å². The molecule has 1 aromatic carbocycles. The number of rotatable bonds is 3. The summed E-state index contributed by atoms with van der Waals surface area (Å²) in [6, 6.07) is 6.90. The SMILES string of the molecule is CCCCC1CNc2ccc(Br)cc2N1. The summed E-state index contributed by atoms with van der Waals surface area (Å²) in [6.45, 7) is 3.27. The number of fused-ring (bicyclic) bond motifs is 1. The Labute approximate surface area is 99.6 Å². The highest BCUT2D eigenvalue weighted by atomic mass is 79.9. The minimum Gasteiger partial charge on any atom is -0.381 e. The summed E-state index contributed by atoms with van der Waals surface area (Å²) in [5.74, 6) is 0. The van der Waals surface area contributed by atoms with Crippen LogP contribution in [0.2, 0.25) is 0 Å². The molecule has 0 amide bonds. The van der Waals surface area contributed by atoms with E-state index in [1.807, 2.05) is 0 Å². The third-order valence-electron chi connectivity index (χ3n) is 2.79. The number of benzene rings is 1. The Morgan fingerprint density at radius 1 is 1.40 bits per heavy atom. The highest BCUT2D eigenvalue weighted by Crippen LogP contribution is 2.30. The van der Waals surface area contributed by atoms with Gasteiger partial charge in [-0.15, -0.1) is 0 Å². The molecule has 1 heterocycles. The fourth-order valence-corrected chi connectivity index (χ4v) is 2.28. The Kier molecular flexibility index (Phi) is 3.52. The molecule has 3 heteroatoms. The molecule has 1 aliphatic heterocycles. The van der Waals surface area contributed by atoms with Crippen LogP contribution in [0.4, 0.5) is 11.4 Å². The monoisotopic (exact) mass is 268 g/mol. The lowest BCUT2D eigenvalue weighted by Gasteiger charge is -2.28. The fraction of sp³-hybridized carbons (Fsp3) is 0.500. The second kappa shape index (κ2) is 4.88. The summed E-state index contributed by atoms with van der Waals surface area (Å²) >= 11 is 3.50. The van der Waals surface area contributed by atoms with Gasteiger partial charge in [-0.25, -0.2) is 0 Å². The van der Waals surface area contributed by atoms with Gasteiger partial charge in [0.05, 0.1) is 11.4 Å². The van der Waals surface area contributed by atoms with E-state index in [2.05, 4.69) is 51.7 Å². The standard InChI is InChI=1S/C12H17BrN2/c1-2-3-4-10-8-14-11-6-5-9(13)7-12(11)15-10/h5-7,10,14-15H,2-4,8H2,1H3. The molecule has 0 saturated carbocycles. The molecule has 1 aliphatic rings. The van der Waals surface area contributed by atoms with Crippen molar-refractivity contribution in [3.63, 3.8) is 0 Å². The summed E-state index contributed by atoms with van der Waals surface area (Å²) < 4.78 is 1.13. The van der Waals surface area contributed by atoms with Crippen molar-refractivity contribution in [1.82, 2.24) is 0 Å². The zero-order valence-corrected chi connectivity index (χ0v) is 10.6. The van der Waals surface area contributed by atoms with E-state index in [0.717, 1.165) is 11.0 Å². The first-order valence-electron chi connectivity index (χ1n) is 5.59. The molecule has 0 bridgehead atoms. The van der Waals surface area contributed by atoms with Gasteiger partial charge < -0.3 is 10.6 Å². The number of halogens is 1. The highest BCUT2D eigenvalue weighted by molar-refractivity contribution is 9.10. The smallest absolute Gasteiger partial charge is 0.0590 e. The first-order chi connectivity index (χ1) is 7.29. The third-order valence-corrected chi connectivity index (χ3v) is 3.28. The zero-order valence-electron chi connectivity index (χ0n) is 9.02. The van der Waals surface area contributed by atoms with Gasteiger partial charge in [0.2, 0.25) is 0 Å². The number of anilines is 2. The van der Waals surface area contributed by atoms with Gasteiger partial charge in [0, 0.05) is 17.1 Å². The van der Waals surface area contributed by atoms with E-state index in [0.29, 0.717) is 6.04 Å². The van der Waals surface area contributed by atoms with Crippen LogP contribution in [0.25, 0.3) is 0 Å². The molecule has 0 radical (unpaired) electrons. The number of unbranched alkanes of at least 4 members (excludes halogenated alkanes) is 1. The quantitative estimate of drug-likeness (QED) is 0.871. The van der Waals surface area contributed by atoms with Crippen molar-refractivity contribution in [2.45, 2.75) is 32.2 Å². The molecule has 15 heavy (non-hydrogen) atoms. The van der Waals surface area contributed by atoms with Gasteiger partial charge in [0.1, 0.15) is 0 Å². The van der Waals surface area contributed by atoms with Gasteiger partial charge in [0.25, 0.3) is 0 Å². The maximum atomic E-state index is 3.58. The topological polar surface area (TPSA) is 24.1 Å². The van der Waals surface area contributed by atoms with Crippen molar-refractivity contribution >= 4 is 27.3 Å². The Morgan fingerprint density at radius 2 is 2.27 bits per heavy atom. The molecule has 0 aromatic heterocycles. The van der Waals surface area contributed by atoms with Crippen LogP contribution in [0.15, 0.2) is 22.7 Å².